The van der Waals surface area contributed by atoms with Crippen molar-refractivity contribution in [2.75, 3.05) is 11.3 Å². The molecule has 0 amide bonds. The van der Waals surface area contributed by atoms with Crippen molar-refractivity contribution in [3.05, 3.63) is 90.1 Å². The minimum atomic E-state index is -3.80. The van der Waals surface area contributed by atoms with Gasteiger partial charge in [0, 0.05) is 24.7 Å². The molecule has 0 bridgehead atoms. The van der Waals surface area contributed by atoms with Gasteiger partial charge in [0.25, 0.3) is 10.0 Å². The lowest BCUT2D eigenvalue weighted by atomic mass is 10.1. The van der Waals surface area contributed by atoms with Gasteiger partial charge in [-0.1, -0.05) is 48.6 Å². The number of ether oxygens (including phenoxy) is 1. The number of aromatic nitrogens is 1. The van der Waals surface area contributed by atoms with E-state index in [2.05, 4.69) is 9.71 Å². The lowest BCUT2D eigenvalue weighted by molar-refractivity contribution is -0.136. The Kier molecular flexibility index (Phi) is 8.78. The monoisotopic (exact) mass is 482 g/mol. The number of hydrogen-bond donors (Lipinski definition) is 3. The molecule has 3 rings (SSSR count). The third-order valence-corrected chi connectivity index (χ3v) is 6.11. The van der Waals surface area contributed by atoms with Gasteiger partial charge in [0.05, 0.1) is 12.7 Å². The van der Waals surface area contributed by atoms with Crippen LogP contribution in [0.25, 0.3) is 6.08 Å². The van der Waals surface area contributed by atoms with Crippen molar-refractivity contribution in [2.24, 2.45) is 0 Å². The molecule has 3 N–H and O–H groups in total. The highest BCUT2D eigenvalue weighted by Crippen LogP contribution is 2.20. The average Bonchev–Trinajstić information content (AvgIpc) is 2.82. The number of carboxylic acid groups (broad SMARTS) is 1. The van der Waals surface area contributed by atoms with E-state index in [9.17, 15) is 18.3 Å². The van der Waals surface area contributed by atoms with Gasteiger partial charge in [0.2, 0.25) is 0 Å². The summed E-state index contributed by atoms with van der Waals surface area (Å²) in [7, 11) is -3.80. The standard InChI is InChI=1S/C25H26N2O6S/c28-22(15-17-33-23-9-2-1-7-20(23)12-14-25(29)30)13-11-19-6-5-8-21(18-19)27-34(31,32)24-10-3-4-16-26-24/h1-11,13,16,18,22,27-28H,12,14-15,17H2,(H,29,30)/b13-11+. The van der Waals surface area contributed by atoms with E-state index < -0.39 is 22.1 Å². The van der Waals surface area contributed by atoms with Crippen molar-refractivity contribution in [3.63, 3.8) is 0 Å². The number of anilines is 1. The lowest BCUT2D eigenvalue weighted by Crippen LogP contribution is -2.14. The minimum Gasteiger partial charge on any atom is -0.493 e. The van der Waals surface area contributed by atoms with Gasteiger partial charge in [0.1, 0.15) is 5.75 Å². The number of aliphatic carboxylic acids is 1. The summed E-state index contributed by atoms with van der Waals surface area (Å²) in [6.45, 7) is 0.250. The second kappa shape index (κ2) is 12.0. The Bertz CT molecular complexity index is 1230. The zero-order valence-electron chi connectivity index (χ0n) is 18.4. The van der Waals surface area contributed by atoms with Gasteiger partial charge in [-0.2, -0.15) is 8.42 Å². The zero-order chi connectivity index (χ0) is 24.4. The van der Waals surface area contributed by atoms with Crippen LogP contribution in [-0.2, 0) is 21.2 Å². The molecule has 0 radical (unpaired) electrons. The maximum absolute atomic E-state index is 12.4. The number of carbonyl (C=O) groups is 1. The number of aliphatic hydroxyl groups is 1. The van der Waals surface area contributed by atoms with Gasteiger partial charge < -0.3 is 14.9 Å². The summed E-state index contributed by atoms with van der Waals surface area (Å²) in [4.78, 5) is 14.7. The van der Waals surface area contributed by atoms with Crippen LogP contribution in [0.2, 0.25) is 0 Å². The van der Waals surface area contributed by atoms with E-state index in [1.54, 1.807) is 54.6 Å². The van der Waals surface area contributed by atoms with Crippen molar-refractivity contribution in [1.29, 1.82) is 0 Å². The number of aliphatic hydroxyl groups excluding tert-OH is 1. The summed E-state index contributed by atoms with van der Waals surface area (Å²) in [5, 5.41) is 19.1. The molecular formula is C25H26N2O6S. The number of carboxylic acids is 1. The van der Waals surface area contributed by atoms with Crippen LogP contribution in [0, 0.1) is 0 Å². The predicted molar refractivity (Wildman–Crippen MR) is 129 cm³/mol. The number of rotatable bonds is 12. The zero-order valence-corrected chi connectivity index (χ0v) is 19.2. The molecule has 0 saturated carbocycles. The van der Waals surface area contributed by atoms with Crippen molar-refractivity contribution in [1.82, 2.24) is 4.98 Å². The van der Waals surface area contributed by atoms with Crippen molar-refractivity contribution in [2.45, 2.75) is 30.4 Å². The molecule has 0 fully saturated rings. The minimum absolute atomic E-state index is 0.0167. The van der Waals surface area contributed by atoms with Crippen LogP contribution in [0.3, 0.4) is 0 Å². The molecule has 1 heterocycles. The largest absolute Gasteiger partial charge is 0.493 e. The molecule has 0 spiro atoms. The Morgan fingerprint density at radius 1 is 1.09 bits per heavy atom. The Hall–Kier alpha value is -3.69. The summed E-state index contributed by atoms with van der Waals surface area (Å²) in [5.41, 5.74) is 1.89. The van der Waals surface area contributed by atoms with Crippen molar-refractivity contribution >= 4 is 27.8 Å². The van der Waals surface area contributed by atoms with Gasteiger partial charge in [-0.3, -0.25) is 9.52 Å². The Labute approximate surface area is 198 Å². The van der Waals surface area contributed by atoms with E-state index in [4.69, 9.17) is 9.84 Å². The van der Waals surface area contributed by atoms with Crippen LogP contribution in [0.5, 0.6) is 5.75 Å². The third kappa shape index (κ3) is 7.72. The Balaban J connectivity index is 1.54. The topological polar surface area (TPSA) is 126 Å². The van der Waals surface area contributed by atoms with Gasteiger partial charge in [-0.25, -0.2) is 4.98 Å². The summed E-state index contributed by atoms with van der Waals surface area (Å²) in [6, 6.07) is 18.7. The number of para-hydroxylation sites is 1. The first kappa shape index (κ1) is 24.9. The molecule has 0 aliphatic carbocycles. The Morgan fingerprint density at radius 3 is 2.65 bits per heavy atom. The lowest BCUT2D eigenvalue weighted by Gasteiger charge is -2.12. The summed E-state index contributed by atoms with van der Waals surface area (Å²) >= 11 is 0. The van der Waals surface area contributed by atoms with E-state index in [1.165, 1.54) is 12.3 Å². The molecule has 34 heavy (non-hydrogen) atoms. The van der Waals surface area contributed by atoms with E-state index in [0.717, 1.165) is 5.56 Å². The number of pyridine rings is 1. The normalized spacial score (nSPS) is 12.4. The van der Waals surface area contributed by atoms with Crippen LogP contribution in [-0.4, -0.2) is 42.3 Å². The van der Waals surface area contributed by atoms with Gasteiger partial charge in [-0.05, 0) is 47.9 Å². The third-order valence-electron chi connectivity index (χ3n) is 4.81. The quantitative estimate of drug-likeness (QED) is 0.359. The first-order valence-electron chi connectivity index (χ1n) is 10.7. The Morgan fingerprint density at radius 2 is 1.88 bits per heavy atom. The molecule has 0 aliphatic rings. The molecule has 0 saturated heterocycles. The highest BCUT2D eigenvalue weighted by molar-refractivity contribution is 7.92. The highest BCUT2D eigenvalue weighted by Gasteiger charge is 2.15. The summed E-state index contributed by atoms with van der Waals surface area (Å²) in [5.74, 6) is -0.267. The van der Waals surface area contributed by atoms with E-state index >= 15 is 0 Å². The summed E-state index contributed by atoms with van der Waals surface area (Å²) < 4.78 is 33.1. The molecule has 1 unspecified atom stereocenters. The maximum atomic E-state index is 12.4. The van der Waals surface area contributed by atoms with E-state index in [0.29, 0.717) is 29.8 Å². The summed E-state index contributed by atoms with van der Waals surface area (Å²) in [6.07, 6.45) is 4.65. The molecule has 178 valence electrons. The highest BCUT2D eigenvalue weighted by atomic mass is 32.2. The average molecular weight is 483 g/mol. The molecule has 0 aliphatic heterocycles. The van der Waals surface area contributed by atoms with Crippen LogP contribution in [0.15, 0.2) is 84.0 Å². The first-order chi connectivity index (χ1) is 16.3. The van der Waals surface area contributed by atoms with Crippen molar-refractivity contribution in [3.8, 4) is 5.75 Å². The number of nitrogens with zero attached hydrogens (tertiary/aromatic N) is 1. The van der Waals surface area contributed by atoms with Crippen molar-refractivity contribution < 1.29 is 28.2 Å². The van der Waals surface area contributed by atoms with E-state index in [1.807, 2.05) is 18.2 Å². The fourth-order valence-corrected chi connectivity index (χ4v) is 4.12. The number of hydrogen-bond acceptors (Lipinski definition) is 6. The van der Waals surface area contributed by atoms with Crippen LogP contribution in [0.1, 0.15) is 24.0 Å². The second-order valence-electron chi connectivity index (χ2n) is 7.46. The molecule has 2 aromatic carbocycles. The van der Waals surface area contributed by atoms with E-state index in [-0.39, 0.29) is 18.1 Å². The molecule has 8 nitrogen and oxygen atoms in total. The predicted octanol–water partition coefficient (Wildman–Crippen LogP) is 3.74. The maximum Gasteiger partial charge on any atom is 0.303 e. The molecule has 1 atom stereocenters. The molecule has 1 aromatic heterocycles. The number of sulfonamides is 1. The number of nitrogens with one attached hydrogen (secondary N) is 1. The molecular weight excluding hydrogens is 456 g/mol. The second-order valence-corrected chi connectivity index (χ2v) is 9.09. The van der Waals surface area contributed by atoms with Crippen LogP contribution >= 0.6 is 0 Å². The van der Waals surface area contributed by atoms with Gasteiger partial charge >= 0.3 is 5.97 Å². The van der Waals surface area contributed by atoms with Gasteiger partial charge in [-0.15, -0.1) is 0 Å². The SMILES string of the molecule is O=C(O)CCc1ccccc1OCCC(O)/C=C/c1cccc(NS(=O)(=O)c2ccccn2)c1. The molecule has 3 aromatic rings. The van der Waals surface area contributed by atoms with Crippen LogP contribution < -0.4 is 9.46 Å². The van der Waals surface area contributed by atoms with Gasteiger partial charge in [0.15, 0.2) is 5.03 Å². The van der Waals surface area contributed by atoms with Crippen LogP contribution in [0.4, 0.5) is 5.69 Å². The smallest absolute Gasteiger partial charge is 0.303 e. The fraction of sp³-hybridized carbons (Fsp3) is 0.200. The number of aryl methyl sites for hydroxylation is 1. The molecule has 9 heteroatoms. The fourth-order valence-electron chi connectivity index (χ4n) is 3.12. The number of benzene rings is 2. The first-order valence-corrected chi connectivity index (χ1v) is 12.1.